The maximum atomic E-state index is 10.7. The largest absolute Gasteiger partial charge is 0.349 e. The summed E-state index contributed by atoms with van der Waals surface area (Å²) < 4.78 is 11.9. The summed E-state index contributed by atoms with van der Waals surface area (Å²) in [5.74, 6) is -0.543. The van der Waals surface area contributed by atoms with Gasteiger partial charge < -0.3 is 14.3 Å². The van der Waals surface area contributed by atoms with Gasteiger partial charge in [-0.25, -0.2) is 0 Å². The third-order valence-electron chi connectivity index (χ3n) is 3.77. The molecule has 0 atom stereocenters. The molecule has 17 heavy (non-hydrogen) atoms. The number of carbonyl (C=O) groups excluding carboxylic acids is 1. The van der Waals surface area contributed by atoms with Crippen LogP contribution in [-0.4, -0.2) is 25.3 Å². The molecule has 98 valence electrons. The SMILES string of the molecule is CC1(C)CC(C)(C)CC2(C1)OCC(C=O)CO2. The molecule has 0 aromatic carbocycles. The van der Waals surface area contributed by atoms with Crippen molar-refractivity contribution in [2.75, 3.05) is 13.2 Å². The van der Waals surface area contributed by atoms with E-state index in [1.54, 1.807) is 0 Å². The van der Waals surface area contributed by atoms with Crippen molar-refractivity contribution in [3.63, 3.8) is 0 Å². The van der Waals surface area contributed by atoms with E-state index in [4.69, 9.17) is 9.47 Å². The fourth-order valence-electron chi connectivity index (χ4n) is 3.83. The number of rotatable bonds is 1. The lowest BCUT2D eigenvalue weighted by atomic mass is 9.63. The molecule has 0 unspecified atom stereocenters. The zero-order valence-electron chi connectivity index (χ0n) is 11.4. The maximum Gasteiger partial charge on any atom is 0.169 e. The van der Waals surface area contributed by atoms with Gasteiger partial charge >= 0.3 is 0 Å². The molecular formula is C14H24O3. The molecule has 0 aromatic heterocycles. The van der Waals surface area contributed by atoms with Crippen LogP contribution in [0.3, 0.4) is 0 Å². The van der Waals surface area contributed by atoms with Crippen molar-refractivity contribution in [2.45, 2.75) is 52.7 Å². The van der Waals surface area contributed by atoms with Gasteiger partial charge in [-0.2, -0.15) is 0 Å². The first kappa shape index (κ1) is 13.0. The molecule has 2 aliphatic rings. The first-order valence-electron chi connectivity index (χ1n) is 6.49. The molecule has 3 heteroatoms. The van der Waals surface area contributed by atoms with E-state index in [2.05, 4.69) is 27.7 Å². The van der Waals surface area contributed by atoms with Gasteiger partial charge in [0.05, 0.1) is 19.1 Å². The number of ether oxygens (including phenoxy) is 2. The van der Waals surface area contributed by atoms with Crippen LogP contribution in [0.4, 0.5) is 0 Å². The molecule has 1 aliphatic heterocycles. The molecule has 0 N–H and O–H groups in total. The second-order valence-electron chi connectivity index (χ2n) is 7.29. The van der Waals surface area contributed by atoms with Crippen molar-refractivity contribution >= 4 is 6.29 Å². The van der Waals surface area contributed by atoms with Crippen LogP contribution in [0, 0.1) is 16.7 Å². The third-order valence-corrected chi connectivity index (χ3v) is 3.77. The average molecular weight is 240 g/mol. The Morgan fingerprint density at radius 3 is 1.82 bits per heavy atom. The molecule has 0 aromatic rings. The van der Waals surface area contributed by atoms with Crippen LogP contribution in [0.15, 0.2) is 0 Å². The topological polar surface area (TPSA) is 35.5 Å². The molecular weight excluding hydrogens is 216 g/mol. The predicted octanol–water partition coefficient (Wildman–Crippen LogP) is 2.78. The van der Waals surface area contributed by atoms with Crippen LogP contribution >= 0.6 is 0 Å². The van der Waals surface area contributed by atoms with Gasteiger partial charge in [-0.1, -0.05) is 27.7 Å². The Kier molecular flexibility index (Phi) is 3.11. The van der Waals surface area contributed by atoms with Gasteiger partial charge in [0.25, 0.3) is 0 Å². The number of hydrogen-bond donors (Lipinski definition) is 0. The van der Waals surface area contributed by atoms with E-state index >= 15 is 0 Å². The van der Waals surface area contributed by atoms with Crippen molar-refractivity contribution in [2.24, 2.45) is 16.7 Å². The Labute approximate surface area is 104 Å². The molecule has 2 rings (SSSR count). The Morgan fingerprint density at radius 1 is 0.941 bits per heavy atom. The normalized spacial score (nSPS) is 31.3. The van der Waals surface area contributed by atoms with Crippen molar-refractivity contribution in [3.8, 4) is 0 Å². The van der Waals surface area contributed by atoms with Gasteiger partial charge in [0, 0.05) is 12.8 Å². The van der Waals surface area contributed by atoms with Crippen molar-refractivity contribution < 1.29 is 14.3 Å². The zero-order valence-corrected chi connectivity index (χ0v) is 11.4. The average Bonchev–Trinajstić information content (AvgIpc) is 2.13. The van der Waals surface area contributed by atoms with Crippen LogP contribution < -0.4 is 0 Å². The van der Waals surface area contributed by atoms with Crippen LogP contribution in [0.5, 0.6) is 0 Å². The molecule has 2 fully saturated rings. The number of aldehydes is 1. The molecule has 1 heterocycles. The van der Waals surface area contributed by atoms with Gasteiger partial charge in [0.1, 0.15) is 6.29 Å². The second kappa shape index (κ2) is 4.06. The molecule has 1 spiro atoms. The minimum absolute atomic E-state index is 0.0891. The molecule has 1 saturated heterocycles. The summed E-state index contributed by atoms with van der Waals surface area (Å²) in [6, 6.07) is 0. The van der Waals surface area contributed by atoms with Crippen LogP contribution in [0.2, 0.25) is 0 Å². The highest BCUT2D eigenvalue weighted by Gasteiger charge is 2.50. The summed E-state index contributed by atoms with van der Waals surface area (Å²) in [6.07, 6.45) is 3.97. The van der Waals surface area contributed by atoms with Crippen molar-refractivity contribution in [3.05, 3.63) is 0 Å². The molecule has 3 nitrogen and oxygen atoms in total. The minimum Gasteiger partial charge on any atom is -0.349 e. The van der Waals surface area contributed by atoms with E-state index < -0.39 is 5.79 Å². The van der Waals surface area contributed by atoms with E-state index in [-0.39, 0.29) is 16.7 Å². The highest BCUT2D eigenvalue weighted by molar-refractivity contribution is 5.53. The van der Waals surface area contributed by atoms with Crippen molar-refractivity contribution in [1.29, 1.82) is 0 Å². The lowest BCUT2D eigenvalue weighted by Gasteiger charge is -2.53. The first-order chi connectivity index (χ1) is 7.76. The first-order valence-corrected chi connectivity index (χ1v) is 6.49. The van der Waals surface area contributed by atoms with E-state index in [0.29, 0.717) is 13.2 Å². The van der Waals surface area contributed by atoms with Gasteiger partial charge in [0.2, 0.25) is 0 Å². The van der Waals surface area contributed by atoms with Gasteiger partial charge in [0.15, 0.2) is 5.79 Å². The molecule has 0 amide bonds. The summed E-state index contributed by atoms with van der Waals surface area (Å²) in [6.45, 7) is 10.1. The lowest BCUT2D eigenvalue weighted by Crippen LogP contribution is -2.53. The second-order valence-corrected chi connectivity index (χ2v) is 7.29. The minimum atomic E-state index is -0.454. The van der Waals surface area contributed by atoms with Crippen molar-refractivity contribution in [1.82, 2.24) is 0 Å². The summed E-state index contributed by atoms with van der Waals surface area (Å²) >= 11 is 0. The summed E-state index contributed by atoms with van der Waals surface area (Å²) in [4.78, 5) is 10.7. The molecule has 0 radical (unpaired) electrons. The van der Waals surface area contributed by atoms with E-state index in [9.17, 15) is 4.79 Å². The Bertz CT molecular complexity index is 281. The monoisotopic (exact) mass is 240 g/mol. The fourth-order valence-corrected chi connectivity index (χ4v) is 3.83. The molecule has 1 saturated carbocycles. The summed E-state index contributed by atoms with van der Waals surface area (Å²) in [5.41, 5.74) is 0.464. The molecule has 1 aliphatic carbocycles. The lowest BCUT2D eigenvalue weighted by molar-refractivity contribution is -0.315. The number of hydrogen-bond acceptors (Lipinski definition) is 3. The van der Waals surface area contributed by atoms with Gasteiger partial charge in [-0.3, -0.25) is 0 Å². The van der Waals surface area contributed by atoms with E-state index in [0.717, 1.165) is 19.1 Å². The summed E-state index contributed by atoms with van der Waals surface area (Å²) in [5, 5.41) is 0. The van der Waals surface area contributed by atoms with Gasteiger partial charge in [-0.15, -0.1) is 0 Å². The molecule has 0 bridgehead atoms. The number of carbonyl (C=O) groups is 1. The highest BCUT2D eigenvalue weighted by Crippen LogP contribution is 2.52. The Morgan fingerprint density at radius 2 is 1.41 bits per heavy atom. The van der Waals surface area contributed by atoms with Crippen LogP contribution in [0.25, 0.3) is 0 Å². The van der Waals surface area contributed by atoms with Crippen LogP contribution in [0.1, 0.15) is 47.0 Å². The predicted molar refractivity (Wildman–Crippen MR) is 65.6 cm³/mol. The smallest absolute Gasteiger partial charge is 0.169 e. The third kappa shape index (κ3) is 2.89. The Balaban J connectivity index is 2.12. The Hall–Kier alpha value is -0.410. The quantitative estimate of drug-likeness (QED) is 0.661. The van der Waals surface area contributed by atoms with Crippen LogP contribution in [-0.2, 0) is 14.3 Å². The highest BCUT2D eigenvalue weighted by atomic mass is 16.7. The standard InChI is InChI=1S/C14H24O3/c1-12(2)8-13(3,4)10-14(9-12)16-6-11(5-15)7-17-14/h5,11H,6-10H2,1-4H3. The summed E-state index contributed by atoms with van der Waals surface area (Å²) in [7, 11) is 0. The van der Waals surface area contributed by atoms with E-state index in [1.807, 2.05) is 0 Å². The zero-order chi connectivity index (χ0) is 12.7. The fraction of sp³-hybridized carbons (Fsp3) is 0.929. The maximum absolute atomic E-state index is 10.7. The van der Waals surface area contributed by atoms with E-state index in [1.165, 1.54) is 6.42 Å². The van der Waals surface area contributed by atoms with Gasteiger partial charge in [-0.05, 0) is 17.3 Å².